The molecule has 36 heavy (non-hydrogen) atoms. The topological polar surface area (TPSA) is 73.9 Å². The number of aryl methyl sites for hydroxylation is 1. The molecule has 0 bridgehead atoms. The van der Waals surface area contributed by atoms with Gasteiger partial charge < -0.3 is 19.5 Å². The van der Waals surface area contributed by atoms with Gasteiger partial charge in [-0.15, -0.1) is 0 Å². The van der Waals surface area contributed by atoms with Crippen LogP contribution in [-0.2, 0) is 14.3 Å². The van der Waals surface area contributed by atoms with Crippen molar-refractivity contribution in [2.45, 2.75) is 57.4 Å². The number of ether oxygens (including phenoxy) is 3. The number of amides is 1. The van der Waals surface area contributed by atoms with E-state index in [-0.39, 0.29) is 36.9 Å². The molecule has 1 amide bonds. The lowest BCUT2D eigenvalue weighted by Crippen LogP contribution is -2.38. The van der Waals surface area contributed by atoms with Crippen LogP contribution in [0.1, 0.15) is 61.1 Å². The molecule has 1 fully saturated rings. The molecule has 1 unspecified atom stereocenters. The smallest absolute Gasteiger partial charge is 0.306 e. The predicted molar refractivity (Wildman–Crippen MR) is 141 cm³/mol. The van der Waals surface area contributed by atoms with Crippen molar-refractivity contribution in [3.8, 4) is 11.5 Å². The second-order valence-corrected chi connectivity index (χ2v) is 9.51. The first-order chi connectivity index (χ1) is 17.5. The van der Waals surface area contributed by atoms with Gasteiger partial charge in [-0.05, 0) is 71.5 Å². The Morgan fingerprint density at radius 2 is 1.67 bits per heavy atom. The maximum absolute atomic E-state index is 12.4. The van der Waals surface area contributed by atoms with Gasteiger partial charge in [0.1, 0.15) is 11.5 Å². The molecule has 0 spiro atoms. The van der Waals surface area contributed by atoms with Crippen LogP contribution in [0.5, 0.6) is 11.5 Å². The van der Waals surface area contributed by atoms with Gasteiger partial charge in [0, 0.05) is 12.0 Å². The van der Waals surface area contributed by atoms with Gasteiger partial charge in [-0.2, -0.15) is 0 Å². The summed E-state index contributed by atoms with van der Waals surface area (Å²) in [6.07, 6.45) is 5.92. The minimum atomic E-state index is -0.267. The van der Waals surface area contributed by atoms with E-state index in [4.69, 9.17) is 14.2 Å². The monoisotopic (exact) mass is 489 g/mol. The van der Waals surface area contributed by atoms with Crippen LogP contribution in [0.4, 0.5) is 0 Å². The van der Waals surface area contributed by atoms with E-state index in [0.29, 0.717) is 5.75 Å². The molecule has 1 atom stereocenters. The van der Waals surface area contributed by atoms with Gasteiger partial charge in [0.05, 0.1) is 20.6 Å². The highest BCUT2D eigenvalue weighted by Crippen LogP contribution is 2.34. The van der Waals surface area contributed by atoms with Crippen molar-refractivity contribution < 1.29 is 23.8 Å². The predicted octanol–water partition coefficient (Wildman–Crippen LogP) is 5.68. The quantitative estimate of drug-likeness (QED) is 0.392. The fraction of sp³-hybridized carbons (Fsp3) is 0.400. The van der Waals surface area contributed by atoms with Crippen LogP contribution in [0.15, 0.2) is 54.6 Å². The number of fused-ring (bicyclic) bond motifs is 1. The van der Waals surface area contributed by atoms with Gasteiger partial charge >= 0.3 is 5.97 Å². The average Bonchev–Trinajstić information content (AvgIpc) is 2.90. The minimum absolute atomic E-state index is 0.00228. The van der Waals surface area contributed by atoms with Gasteiger partial charge in [-0.3, -0.25) is 9.59 Å². The maximum atomic E-state index is 12.4. The summed E-state index contributed by atoms with van der Waals surface area (Å²) in [6.45, 7) is 2.02. The number of carbonyl (C=O) groups excluding carboxylic acids is 2. The summed E-state index contributed by atoms with van der Waals surface area (Å²) in [5.74, 6) is 0.906. The first kappa shape index (κ1) is 25.5. The summed E-state index contributed by atoms with van der Waals surface area (Å²) in [5.41, 5.74) is 3.10. The van der Waals surface area contributed by atoms with Crippen LogP contribution in [0.2, 0.25) is 0 Å². The van der Waals surface area contributed by atoms with E-state index >= 15 is 0 Å². The minimum Gasteiger partial charge on any atom is -0.497 e. The van der Waals surface area contributed by atoms with Crippen LogP contribution < -0.4 is 14.8 Å². The Kier molecular flexibility index (Phi) is 8.47. The molecular weight excluding hydrogens is 454 g/mol. The number of hydrogen-bond donors (Lipinski definition) is 1. The molecule has 1 N–H and O–H groups in total. The van der Waals surface area contributed by atoms with Crippen molar-refractivity contribution in [3.05, 3.63) is 71.3 Å². The molecule has 0 aromatic heterocycles. The van der Waals surface area contributed by atoms with E-state index < -0.39 is 0 Å². The Bertz CT molecular complexity index is 1220. The van der Waals surface area contributed by atoms with E-state index in [1.54, 1.807) is 7.11 Å². The van der Waals surface area contributed by atoms with Gasteiger partial charge in [-0.1, -0.05) is 49.6 Å². The summed E-state index contributed by atoms with van der Waals surface area (Å²) in [5, 5.41) is 5.13. The van der Waals surface area contributed by atoms with E-state index in [9.17, 15) is 9.59 Å². The van der Waals surface area contributed by atoms with E-state index in [2.05, 4.69) is 17.4 Å². The molecule has 1 aliphatic carbocycles. The molecule has 0 saturated heterocycles. The first-order valence-electron chi connectivity index (χ1n) is 12.6. The van der Waals surface area contributed by atoms with Gasteiger partial charge in [0.25, 0.3) is 5.91 Å². The van der Waals surface area contributed by atoms with Crippen molar-refractivity contribution in [1.29, 1.82) is 0 Å². The number of benzene rings is 3. The third-order valence-electron chi connectivity index (χ3n) is 7.03. The lowest BCUT2D eigenvalue weighted by atomic mass is 9.85. The van der Waals surface area contributed by atoms with Crippen LogP contribution in [-0.4, -0.2) is 38.7 Å². The van der Waals surface area contributed by atoms with E-state index in [1.165, 1.54) is 26.4 Å². The Labute approximate surface area is 212 Å². The molecule has 6 nitrogen and oxygen atoms in total. The SMILES string of the molecule is COC(=O)CC(c1ccc2ccc(OCC(=O)NC3CCCCC3)cc2c1)c1ccc(OC)cc1C. The average molecular weight is 490 g/mol. The van der Waals surface area contributed by atoms with Crippen LogP contribution in [0.3, 0.4) is 0 Å². The molecule has 3 aromatic rings. The van der Waals surface area contributed by atoms with E-state index in [1.807, 2.05) is 49.4 Å². The standard InChI is InChI=1S/C30H35NO5/c1-20-15-25(34-2)13-14-27(20)28(18-30(33)35-3)22-10-9-21-11-12-26(17-23(21)16-22)36-19-29(32)31-24-7-5-4-6-8-24/h9-17,24,28H,4-8,18-19H2,1-3H3,(H,31,32). The third-order valence-corrected chi connectivity index (χ3v) is 7.03. The number of rotatable bonds is 9. The number of esters is 1. The van der Waals surface area contributed by atoms with Crippen LogP contribution in [0.25, 0.3) is 10.8 Å². The zero-order valence-electron chi connectivity index (χ0n) is 21.3. The van der Waals surface area contributed by atoms with Crippen molar-refractivity contribution >= 4 is 22.6 Å². The maximum Gasteiger partial charge on any atom is 0.306 e. The lowest BCUT2D eigenvalue weighted by molar-refractivity contribution is -0.140. The number of carbonyl (C=O) groups is 2. The Hall–Kier alpha value is -3.54. The fourth-order valence-electron chi connectivity index (χ4n) is 5.04. The van der Waals surface area contributed by atoms with E-state index in [0.717, 1.165) is 46.1 Å². The Balaban J connectivity index is 1.54. The molecule has 1 saturated carbocycles. The zero-order valence-corrected chi connectivity index (χ0v) is 21.3. The molecule has 3 aromatic carbocycles. The number of nitrogens with one attached hydrogen (secondary N) is 1. The molecule has 0 aliphatic heterocycles. The van der Waals surface area contributed by atoms with Crippen LogP contribution >= 0.6 is 0 Å². The van der Waals surface area contributed by atoms with Crippen molar-refractivity contribution in [2.24, 2.45) is 0 Å². The van der Waals surface area contributed by atoms with Gasteiger partial charge in [0.2, 0.25) is 0 Å². The molecule has 190 valence electrons. The van der Waals surface area contributed by atoms with Crippen molar-refractivity contribution in [3.63, 3.8) is 0 Å². The molecule has 1 aliphatic rings. The Morgan fingerprint density at radius 1 is 0.917 bits per heavy atom. The summed E-state index contributed by atoms with van der Waals surface area (Å²) >= 11 is 0. The summed E-state index contributed by atoms with van der Waals surface area (Å²) in [4.78, 5) is 24.7. The highest BCUT2D eigenvalue weighted by atomic mass is 16.5. The fourth-order valence-corrected chi connectivity index (χ4v) is 5.04. The molecule has 0 radical (unpaired) electrons. The van der Waals surface area contributed by atoms with Crippen LogP contribution in [0, 0.1) is 6.92 Å². The zero-order chi connectivity index (χ0) is 25.5. The summed E-state index contributed by atoms with van der Waals surface area (Å²) in [6, 6.07) is 18.2. The second-order valence-electron chi connectivity index (χ2n) is 9.51. The van der Waals surface area contributed by atoms with Gasteiger partial charge in [-0.25, -0.2) is 0 Å². The first-order valence-corrected chi connectivity index (χ1v) is 12.6. The highest BCUT2D eigenvalue weighted by Gasteiger charge is 2.21. The molecule has 4 rings (SSSR count). The van der Waals surface area contributed by atoms with Crippen molar-refractivity contribution in [2.75, 3.05) is 20.8 Å². The highest BCUT2D eigenvalue weighted by molar-refractivity contribution is 5.85. The molecule has 6 heteroatoms. The third kappa shape index (κ3) is 6.36. The normalized spacial score (nSPS) is 14.8. The number of hydrogen-bond acceptors (Lipinski definition) is 5. The second kappa shape index (κ2) is 11.9. The lowest BCUT2D eigenvalue weighted by Gasteiger charge is -2.22. The largest absolute Gasteiger partial charge is 0.497 e. The summed E-state index contributed by atoms with van der Waals surface area (Å²) in [7, 11) is 3.05. The van der Waals surface area contributed by atoms with Crippen molar-refractivity contribution in [1.82, 2.24) is 5.32 Å². The van der Waals surface area contributed by atoms with Gasteiger partial charge in [0.15, 0.2) is 6.61 Å². The summed E-state index contributed by atoms with van der Waals surface area (Å²) < 4.78 is 16.2. The Morgan fingerprint density at radius 3 is 2.39 bits per heavy atom. The molecular formula is C30H35NO5. The molecule has 0 heterocycles. The number of methoxy groups -OCH3 is 2.